The second-order valence-electron chi connectivity index (χ2n) is 5.54. The first-order valence-electron chi connectivity index (χ1n) is 6.63. The van der Waals surface area contributed by atoms with E-state index in [9.17, 15) is 21.6 Å². The molecule has 2 fully saturated rings. The standard InChI is InChI=1S/C11H20N2O5S2/c1-19(15,16)13-5-2-9(3-6-13)11(14)12-10-4-7-20(17,18)8-10/h9-10H,2-8H2,1H3,(H,12,14)/t10-/m0/s1. The van der Waals surface area contributed by atoms with Crippen molar-refractivity contribution in [2.24, 2.45) is 5.92 Å². The van der Waals surface area contributed by atoms with Crippen LogP contribution in [0.5, 0.6) is 0 Å². The summed E-state index contributed by atoms with van der Waals surface area (Å²) < 4.78 is 46.8. The third-order valence-electron chi connectivity index (χ3n) is 3.87. The lowest BCUT2D eigenvalue weighted by molar-refractivity contribution is -0.126. The molecule has 1 N–H and O–H groups in total. The first kappa shape index (κ1) is 15.7. The van der Waals surface area contributed by atoms with Crippen LogP contribution in [0.4, 0.5) is 0 Å². The van der Waals surface area contributed by atoms with Gasteiger partial charge in [0.2, 0.25) is 15.9 Å². The summed E-state index contributed by atoms with van der Waals surface area (Å²) in [5.74, 6) is -0.234. The molecule has 0 aliphatic carbocycles. The predicted octanol–water partition coefficient (Wildman–Crippen LogP) is -1.04. The molecule has 2 rings (SSSR count). The van der Waals surface area contributed by atoms with Crippen molar-refractivity contribution < 1.29 is 21.6 Å². The van der Waals surface area contributed by atoms with Crippen LogP contribution >= 0.6 is 0 Å². The molecular formula is C11H20N2O5S2. The van der Waals surface area contributed by atoms with E-state index in [0.717, 1.165) is 6.26 Å². The zero-order valence-electron chi connectivity index (χ0n) is 11.4. The molecule has 0 radical (unpaired) electrons. The number of nitrogens with one attached hydrogen (secondary N) is 1. The van der Waals surface area contributed by atoms with Crippen LogP contribution in [0.25, 0.3) is 0 Å². The van der Waals surface area contributed by atoms with Crippen LogP contribution in [-0.2, 0) is 24.7 Å². The van der Waals surface area contributed by atoms with E-state index in [0.29, 0.717) is 32.4 Å². The van der Waals surface area contributed by atoms with Crippen LogP contribution in [0, 0.1) is 5.92 Å². The van der Waals surface area contributed by atoms with Crippen LogP contribution in [0.1, 0.15) is 19.3 Å². The molecular weight excluding hydrogens is 304 g/mol. The van der Waals surface area contributed by atoms with E-state index in [1.54, 1.807) is 0 Å². The van der Waals surface area contributed by atoms with E-state index in [-0.39, 0.29) is 29.4 Å². The number of rotatable bonds is 3. The summed E-state index contributed by atoms with van der Waals surface area (Å²) in [5.41, 5.74) is 0. The normalized spacial score (nSPS) is 28.4. The summed E-state index contributed by atoms with van der Waals surface area (Å²) in [4.78, 5) is 12.0. The lowest BCUT2D eigenvalue weighted by atomic mass is 9.97. The highest BCUT2D eigenvalue weighted by Gasteiger charge is 2.33. The van der Waals surface area contributed by atoms with Crippen LogP contribution in [0.15, 0.2) is 0 Å². The van der Waals surface area contributed by atoms with Gasteiger partial charge in [0.25, 0.3) is 0 Å². The van der Waals surface area contributed by atoms with Gasteiger partial charge in [0.1, 0.15) is 0 Å². The molecule has 0 aromatic carbocycles. The fourth-order valence-corrected chi connectivity index (χ4v) is 5.22. The van der Waals surface area contributed by atoms with Gasteiger partial charge in [-0.2, -0.15) is 0 Å². The van der Waals surface area contributed by atoms with Gasteiger partial charge < -0.3 is 5.32 Å². The topological polar surface area (TPSA) is 101 Å². The quantitative estimate of drug-likeness (QED) is 0.715. The minimum atomic E-state index is -3.19. The van der Waals surface area contributed by atoms with Gasteiger partial charge >= 0.3 is 0 Å². The van der Waals surface area contributed by atoms with Crippen molar-refractivity contribution in [3.8, 4) is 0 Å². The summed E-state index contributed by atoms with van der Waals surface area (Å²) in [6, 6.07) is -0.291. The van der Waals surface area contributed by atoms with E-state index in [4.69, 9.17) is 0 Å². The number of carbonyl (C=O) groups is 1. The fourth-order valence-electron chi connectivity index (χ4n) is 2.68. The molecule has 2 aliphatic rings. The number of hydrogen-bond donors (Lipinski definition) is 1. The summed E-state index contributed by atoms with van der Waals surface area (Å²) >= 11 is 0. The minimum absolute atomic E-state index is 0.0148. The minimum Gasteiger partial charge on any atom is -0.352 e. The van der Waals surface area contributed by atoms with Gasteiger partial charge in [-0.05, 0) is 19.3 Å². The summed E-state index contributed by atoms with van der Waals surface area (Å²) in [6.07, 6.45) is 2.60. The number of carbonyl (C=O) groups excluding carboxylic acids is 1. The van der Waals surface area contributed by atoms with E-state index < -0.39 is 19.9 Å². The van der Waals surface area contributed by atoms with Crippen LogP contribution in [0.2, 0.25) is 0 Å². The number of hydrogen-bond acceptors (Lipinski definition) is 5. The average molecular weight is 324 g/mol. The van der Waals surface area contributed by atoms with Crippen LogP contribution in [-0.4, -0.2) is 63.9 Å². The molecule has 2 aliphatic heterocycles. The van der Waals surface area contributed by atoms with Gasteiger partial charge in [-0.25, -0.2) is 21.1 Å². The van der Waals surface area contributed by atoms with Gasteiger partial charge in [-0.15, -0.1) is 0 Å². The lowest BCUT2D eigenvalue weighted by Gasteiger charge is -2.30. The molecule has 0 saturated carbocycles. The Morgan fingerprint density at radius 3 is 2.25 bits per heavy atom. The van der Waals surface area contributed by atoms with Crippen molar-refractivity contribution >= 4 is 25.8 Å². The van der Waals surface area contributed by atoms with Crippen molar-refractivity contribution in [3.05, 3.63) is 0 Å². The Bertz CT molecular complexity index is 576. The number of piperidine rings is 1. The van der Waals surface area contributed by atoms with Gasteiger partial charge in [0, 0.05) is 25.0 Å². The molecule has 0 unspecified atom stereocenters. The molecule has 0 spiro atoms. The molecule has 7 nitrogen and oxygen atoms in total. The highest BCUT2D eigenvalue weighted by atomic mass is 32.2. The Morgan fingerprint density at radius 2 is 1.80 bits per heavy atom. The Labute approximate surface area is 119 Å². The molecule has 2 heterocycles. The Balaban J connectivity index is 1.84. The van der Waals surface area contributed by atoms with E-state index in [1.165, 1.54) is 4.31 Å². The maximum absolute atomic E-state index is 12.0. The Hall–Kier alpha value is -0.670. The molecule has 0 bridgehead atoms. The number of amides is 1. The van der Waals surface area contributed by atoms with Gasteiger partial charge in [-0.3, -0.25) is 4.79 Å². The average Bonchev–Trinajstić information content (AvgIpc) is 2.67. The van der Waals surface area contributed by atoms with Gasteiger partial charge in [-0.1, -0.05) is 0 Å². The molecule has 1 amide bonds. The third-order valence-corrected chi connectivity index (χ3v) is 6.94. The maximum Gasteiger partial charge on any atom is 0.223 e. The number of sulfonamides is 1. The molecule has 2 saturated heterocycles. The maximum atomic E-state index is 12.0. The highest BCUT2D eigenvalue weighted by molar-refractivity contribution is 7.91. The zero-order valence-corrected chi connectivity index (χ0v) is 13.0. The first-order valence-corrected chi connectivity index (χ1v) is 10.3. The van der Waals surface area contributed by atoms with Crippen LogP contribution in [0.3, 0.4) is 0 Å². The summed E-state index contributed by atoms with van der Waals surface area (Å²) in [7, 11) is -6.19. The molecule has 116 valence electrons. The van der Waals surface area contributed by atoms with Gasteiger partial charge in [0.05, 0.1) is 17.8 Å². The van der Waals surface area contributed by atoms with E-state index >= 15 is 0 Å². The van der Waals surface area contributed by atoms with E-state index in [2.05, 4.69) is 5.32 Å². The van der Waals surface area contributed by atoms with Crippen molar-refractivity contribution in [1.82, 2.24) is 9.62 Å². The Morgan fingerprint density at radius 1 is 1.20 bits per heavy atom. The lowest BCUT2D eigenvalue weighted by Crippen LogP contribution is -2.45. The molecule has 20 heavy (non-hydrogen) atoms. The molecule has 9 heteroatoms. The molecule has 1 atom stereocenters. The second kappa shape index (κ2) is 5.61. The first-order chi connectivity index (χ1) is 9.17. The summed E-state index contributed by atoms with van der Waals surface area (Å²) in [6.45, 7) is 0.694. The van der Waals surface area contributed by atoms with Crippen molar-refractivity contribution in [2.75, 3.05) is 30.9 Å². The molecule has 0 aromatic heterocycles. The fraction of sp³-hybridized carbons (Fsp3) is 0.909. The van der Waals surface area contributed by atoms with Crippen molar-refractivity contribution in [1.29, 1.82) is 0 Å². The summed E-state index contributed by atoms with van der Waals surface area (Å²) in [5, 5.41) is 2.77. The largest absolute Gasteiger partial charge is 0.352 e. The Kier molecular flexibility index (Phi) is 4.41. The smallest absolute Gasteiger partial charge is 0.223 e. The van der Waals surface area contributed by atoms with Crippen molar-refractivity contribution in [3.63, 3.8) is 0 Å². The van der Waals surface area contributed by atoms with Crippen molar-refractivity contribution in [2.45, 2.75) is 25.3 Å². The highest BCUT2D eigenvalue weighted by Crippen LogP contribution is 2.20. The number of nitrogens with zero attached hydrogens (tertiary/aromatic N) is 1. The SMILES string of the molecule is CS(=O)(=O)N1CCC(C(=O)N[C@H]2CCS(=O)(=O)C2)CC1. The van der Waals surface area contributed by atoms with E-state index in [1.807, 2.05) is 0 Å². The third kappa shape index (κ3) is 3.92. The second-order valence-corrected chi connectivity index (χ2v) is 9.76. The van der Waals surface area contributed by atoms with Crippen LogP contribution < -0.4 is 5.32 Å². The zero-order chi connectivity index (χ0) is 15.0. The predicted molar refractivity (Wildman–Crippen MR) is 74.3 cm³/mol. The monoisotopic (exact) mass is 324 g/mol. The van der Waals surface area contributed by atoms with Gasteiger partial charge in [0.15, 0.2) is 9.84 Å². The molecule has 0 aromatic rings. The number of sulfone groups is 1.